The Labute approximate surface area is 384 Å². The van der Waals surface area contributed by atoms with E-state index in [1.165, 1.54) is 44.5 Å². The quantitative estimate of drug-likeness (QED) is 0.145. The van der Waals surface area contributed by atoms with Crippen molar-refractivity contribution in [2.45, 2.75) is 84.0 Å². The van der Waals surface area contributed by atoms with Crippen LogP contribution in [0.1, 0.15) is 97.4 Å². The molecule has 320 valence electrons. The molecule has 8 aromatic rings. The normalized spacial score (nSPS) is 14.9. The average Bonchev–Trinajstić information content (AvgIpc) is 3.34. The Morgan fingerprint density at radius 3 is 1.71 bits per heavy atom. The van der Waals surface area contributed by atoms with Crippen molar-refractivity contribution >= 4 is 17.1 Å². The third kappa shape index (κ3) is 8.15. The number of nitriles is 1. The maximum atomic E-state index is 10.8. The zero-order chi connectivity index (χ0) is 44.7. The molecule has 2 atom stereocenters. The lowest BCUT2D eigenvalue weighted by Gasteiger charge is -2.43. The molecular weight excluding hydrogens is 791 g/mol. The Morgan fingerprint density at radius 1 is 0.569 bits per heavy atom. The summed E-state index contributed by atoms with van der Waals surface area (Å²) in [5.74, 6) is 2.19. The minimum atomic E-state index is -0.593. The first-order valence-electron chi connectivity index (χ1n) is 23.2. The van der Waals surface area contributed by atoms with E-state index in [0.29, 0.717) is 17.5 Å². The third-order valence-electron chi connectivity index (χ3n) is 14.1. The minimum Gasteiger partial charge on any atom is -0.310 e. The molecule has 65 heavy (non-hydrogen) atoms. The van der Waals surface area contributed by atoms with Gasteiger partial charge in [-0.1, -0.05) is 154 Å². The molecule has 0 spiro atoms. The van der Waals surface area contributed by atoms with Gasteiger partial charge in [-0.2, -0.15) is 5.26 Å². The molecule has 1 aromatic heterocycles. The second-order valence-electron chi connectivity index (χ2n) is 19.2. The van der Waals surface area contributed by atoms with Gasteiger partial charge in [-0.15, -0.1) is 0 Å². The van der Waals surface area contributed by atoms with Gasteiger partial charge in [0, 0.05) is 33.7 Å². The summed E-state index contributed by atoms with van der Waals surface area (Å²) in [7, 11) is 0. The fourth-order valence-corrected chi connectivity index (χ4v) is 10.2. The number of nitrogens with zero attached hydrogens (tertiary/aromatic N) is 5. The Morgan fingerprint density at radius 2 is 1.09 bits per heavy atom. The number of anilines is 3. The van der Waals surface area contributed by atoms with Crippen LogP contribution in [0.3, 0.4) is 0 Å². The van der Waals surface area contributed by atoms with Gasteiger partial charge in [0.1, 0.15) is 0 Å². The second-order valence-corrected chi connectivity index (χ2v) is 19.2. The van der Waals surface area contributed by atoms with Crippen molar-refractivity contribution in [2.75, 3.05) is 4.90 Å². The summed E-state index contributed by atoms with van der Waals surface area (Å²) in [6.45, 7) is 11.3. The highest BCUT2D eigenvalue weighted by Crippen LogP contribution is 2.54. The summed E-state index contributed by atoms with van der Waals surface area (Å²) in [4.78, 5) is 17.3. The molecule has 0 amide bonds. The Kier molecular flexibility index (Phi) is 11.0. The number of rotatable bonds is 9. The number of aromatic nitrogens is 3. The van der Waals surface area contributed by atoms with E-state index in [1.54, 1.807) is 0 Å². The molecule has 5 aliphatic rings. The number of aryl methyl sites for hydroxylation is 4. The zero-order valence-corrected chi connectivity index (χ0v) is 38.1. The van der Waals surface area contributed by atoms with Crippen molar-refractivity contribution < 1.29 is 0 Å². The average molecular weight is 846 g/mol. The maximum absolute atomic E-state index is 10.8. The summed E-state index contributed by atoms with van der Waals surface area (Å²) in [5.41, 5.74) is 16.0. The van der Waals surface area contributed by atoms with E-state index in [2.05, 4.69) is 155 Å². The van der Waals surface area contributed by atoms with E-state index in [4.69, 9.17) is 15.0 Å². The molecule has 0 saturated heterocycles. The van der Waals surface area contributed by atoms with Crippen molar-refractivity contribution in [2.24, 2.45) is 5.41 Å². The van der Waals surface area contributed by atoms with Crippen LogP contribution in [0.4, 0.5) is 17.1 Å². The van der Waals surface area contributed by atoms with Crippen molar-refractivity contribution in [1.29, 1.82) is 5.26 Å². The van der Waals surface area contributed by atoms with E-state index in [-0.39, 0.29) is 17.3 Å². The highest BCUT2D eigenvalue weighted by molar-refractivity contribution is 5.86. The van der Waals surface area contributed by atoms with Gasteiger partial charge < -0.3 is 4.90 Å². The Balaban J connectivity index is 1.01. The van der Waals surface area contributed by atoms with Gasteiger partial charge >= 0.3 is 0 Å². The van der Waals surface area contributed by atoms with Crippen molar-refractivity contribution in [3.05, 3.63) is 214 Å². The van der Waals surface area contributed by atoms with E-state index in [0.717, 1.165) is 65.9 Å². The van der Waals surface area contributed by atoms with Crippen LogP contribution < -0.4 is 4.90 Å². The van der Waals surface area contributed by atoms with E-state index in [9.17, 15) is 5.26 Å². The SMILES string of the molecule is CC(CC(c1ccc2c(c1)C(C)(C)c1ccccc1N2c1ccc(-c2nc(-c3ccccc3)nc(-c3ccccc3)n2)cc1)C(C)(C)C#N)c1cc2ccc1CCc1ccc(cc1)CC2. The Bertz CT molecular complexity index is 2980. The van der Waals surface area contributed by atoms with Gasteiger partial charge in [-0.25, -0.2) is 15.0 Å². The summed E-state index contributed by atoms with van der Waals surface area (Å²) in [6.07, 6.45) is 4.97. The first-order valence-corrected chi connectivity index (χ1v) is 23.2. The largest absolute Gasteiger partial charge is 0.310 e. The van der Waals surface area contributed by atoms with E-state index >= 15 is 0 Å². The lowest BCUT2D eigenvalue weighted by atomic mass is 9.68. The zero-order valence-electron chi connectivity index (χ0n) is 38.1. The first-order chi connectivity index (χ1) is 31.6. The lowest BCUT2D eigenvalue weighted by molar-refractivity contribution is 0.347. The lowest BCUT2D eigenvalue weighted by Crippen LogP contribution is -2.31. The van der Waals surface area contributed by atoms with Crippen molar-refractivity contribution in [1.82, 2.24) is 15.0 Å². The van der Waals surface area contributed by atoms with E-state index in [1.807, 2.05) is 60.7 Å². The standard InChI is InChI=1S/C60H55N5/c1-40(50-37-43-25-24-41-20-22-42(23-21-41)26-28-44(50)29-27-43)36-52(59(2,3)39-61)48-32-35-55-53(38-48)60(4,5)51-18-12-13-19-54(51)65(55)49-33-30-47(31-34-49)58-63-56(45-14-8-6-9-15-45)62-57(64-58)46-16-10-7-11-17-46/h6-23,27,29-35,37-38,40,52H,24-26,28,36H2,1-5H3. The monoisotopic (exact) mass is 845 g/mol. The molecule has 0 fully saturated rings. The number of fused-ring (bicyclic) bond motifs is 2. The molecular formula is C60H55N5. The molecule has 2 unspecified atom stereocenters. The Hall–Kier alpha value is -7.16. The number of hydrogen-bond donors (Lipinski definition) is 0. The summed E-state index contributed by atoms with van der Waals surface area (Å²) in [5, 5.41) is 10.8. The molecule has 4 bridgehead atoms. The minimum absolute atomic E-state index is 0.0117. The molecule has 4 aliphatic carbocycles. The first kappa shape index (κ1) is 41.8. The molecule has 7 aromatic carbocycles. The summed E-state index contributed by atoms with van der Waals surface area (Å²) >= 11 is 0. The summed E-state index contributed by atoms with van der Waals surface area (Å²) in [6, 6.07) is 63.8. The van der Waals surface area contributed by atoms with Gasteiger partial charge in [0.2, 0.25) is 0 Å². The number of hydrogen-bond acceptors (Lipinski definition) is 5. The molecule has 2 heterocycles. The molecule has 0 saturated carbocycles. The fraction of sp³-hybridized carbons (Fsp3) is 0.233. The van der Waals surface area contributed by atoms with Gasteiger partial charge in [-0.3, -0.25) is 0 Å². The predicted octanol–water partition coefficient (Wildman–Crippen LogP) is 14.7. The van der Waals surface area contributed by atoms with Gasteiger partial charge in [0.15, 0.2) is 17.5 Å². The van der Waals surface area contributed by atoms with Crippen LogP contribution in [0.2, 0.25) is 0 Å². The van der Waals surface area contributed by atoms with Gasteiger partial charge in [0.25, 0.3) is 0 Å². The second kappa shape index (κ2) is 17.1. The van der Waals surface area contributed by atoms with Crippen LogP contribution in [0, 0.1) is 16.7 Å². The van der Waals surface area contributed by atoms with E-state index < -0.39 is 5.41 Å². The maximum Gasteiger partial charge on any atom is 0.164 e. The van der Waals surface area contributed by atoms with Crippen LogP contribution >= 0.6 is 0 Å². The fourth-order valence-electron chi connectivity index (χ4n) is 10.2. The number of para-hydroxylation sites is 1. The van der Waals surface area contributed by atoms with Gasteiger partial charge in [-0.05, 0) is 133 Å². The molecule has 13 rings (SSSR count). The molecule has 5 nitrogen and oxygen atoms in total. The predicted molar refractivity (Wildman–Crippen MR) is 266 cm³/mol. The van der Waals surface area contributed by atoms with Crippen LogP contribution in [-0.2, 0) is 31.1 Å². The van der Waals surface area contributed by atoms with Crippen LogP contribution in [-0.4, -0.2) is 15.0 Å². The molecule has 5 heteroatoms. The highest BCUT2D eigenvalue weighted by Gasteiger charge is 2.39. The van der Waals surface area contributed by atoms with Crippen molar-refractivity contribution in [3.8, 4) is 40.2 Å². The van der Waals surface area contributed by atoms with Crippen LogP contribution in [0.15, 0.2) is 170 Å². The molecule has 0 N–H and O–H groups in total. The van der Waals surface area contributed by atoms with Crippen LogP contribution in [0.5, 0.6) is 0 Å². The van der Waals surface area contributed by atoms with Crippen molar-refractivity contribution in [3.63, 3.8) is 0 Å². The summed E-state index contributed by atoms with van der Waals surface area (Å²) < 4.78 is 0. The smallest absolute Gasteiger partial charge is 0.164 e. The number of benzene rings is 7. The topological polar surface area (TPSA) is 65.7 Å². The molecule has 0 radical (unpaired) electrons. The third-order valence-corrected chi connectivity index (χ3v) is 14.1. The highest BCUT2D eigenvalue weighted by atomic mass is 15.2. The molecule has 1 aliphatic heterocycles. The van der Waals surface area contributed by atoms with Gasteiger partial charge in [0.05, 0.1) is 22.9 Å². The van der Waals surface area contributed by atoms with Crippen LogP contribution in [0.25, 0.3) is 34.2 Å².